The number of unbranched alkanes of at least 4 members (excludes halogenated alkanes) is 1. The molecule has 0 radical (unpaired) electrons. The predicted octanol–water partition coefficient (Wildman–Crippen LogP) is 4.06. The van der Waals surface area contributed by atoms with Crippen LogP contribution in [0.2, 0.25) is 0 Å². The topological polar surface area (TPSA) is 79.5 Å². The maximum Gasteiger partial charge on any atom is 0.251 e. The third-order valence-electron chi connectivity index (χ3n) is 4.01. The molecule has 0 aromatic heterocycles. The average Bonchev–Trinajstić information content (AvgIpc) is 2.71. The second-order valence-corrected chi connectivity index (χ2v) is 6.46. The summed E-state index contributed by atoms with van der Waals surface area (Å²) < 4.78 is 5.59. The van der Waals surface area contributed by atoms with Gasteiger partial charge < -0.3 is 20.7 Å². The summed E-state index contributed by atoms with van der Waals surface area (Å²) in [5, 5.41) is 8.77. The lowest BCUT2D eigenvalue weighted by atomic mass is 10.2. The van der Waals surface area contributed by atoms with Crippen molar-refractivity contribution >= 4 is 23.2 Å². The van der Waals surface area contributed by atoms with Gasteiger partial charge in [0.05, 0.1) is 13.2 Å². The second kappa shape index (κ2) is 11.6. The van der Waals surface area contributed by atoms with E-state index in [-0.39, 0.29) is 18.4 Å². The molecule has 6 nitrogen and oxygen atoms in total. The van der Waals surface area contributed by atoms with Gasteiger partial charge in [0.25, 0.3) is 5.91 Å². The molecule has 0 spiro atoms. The van der Waals surface area contributed by atoms with Crippen molar-refractivity contribution in [2.24, 2.45) is 0 Å². The largest absolute Gasteiger partial charge is 0.494 e. The monoisotopic (exact) mass is 383 g/mol. The molecular formula is C22H29N3O3. The molecule has 0 saturated carbocycles. The summed E-state index contributed by atoms with van der Waals surface area (Å²) in [7, 11) is 0. The minimum Gasteiger partial charge on any atom is -0.494 e. The van der Waals surface area contributed by atoms with E-state index in [1.807, 2.05) is 24.3 Å². The molecule has 2 rings (SSSR count). The lowest BCUT2D eigenvalue weighted by Gasteiger charge is -2.10. The van der Waals surface area contributed by atoms with Gasteiger partial charge in [-0.1, -0.05) is 26.3 Å². The van der Waals surface area contributed by atoms with Crippen LogP contribution in [-0.4, -0.2) is 31.5 Å². The lowest BCUT2D eigenvalue weighted by Crippen LogP contribution is -2.24. The Balaban J connectivity index is 1.80. The van der Waals surface area contributed by atoms with Gasteiger partial charge in [-0.05, 0) is 49.2 Å². The molecule has 0 unspecified atom stereocenters. The first-order chi connectivity index (χ1) is 13.6. The van der Waals surface area contributed by atoms with Gasteiger partial charge in [0.2, 0.25) is 5.91 Å². The van der Waals surface area contributed by atoms with Gasteiger partial charge >= 0.3 is 0 Å². The Bertz CT molecular complexity index is 760. The Morgan fingerprint density at radius 3 is 2.46 bits per heavy atom. The Morgan fingerprint density at radius 1 is 0.964 bits per heavy atom. The van der Waals surface area contributed by atoms with Crippen LogP contribution in [0.15, 0.2) is 48.5 Å². The zero-order chi connectivity index (χ0) is 20.2. The summed E-state index contributed by atoms with van der Waals surface area (Å²) in [5.74, 6) is 0.512. The van der Waals surface area contributed by atoms with Crippen LogP contribution in [0.1, 0.15) is 43.5 Å². The van der Waals surface area contributed by atoms with E-state index in [4.69, 9.17) is 4.74 Å². The van der Waals surface area contributed by atoms with Crippen LogP contribution in [0.5, 0.6) is 5.75 Å². The Hall–Kier alpha value is -3.02. The van der Waals surface area contributed by atoms with Crippen LogP contribution in [0.4, 0.5) is 11.4 Å². The lowest BCUT2D eigenvalue weighted by molar-refractivity contribution is -0.114. The number of nitrogens with one attached hydrogen (secondary N) is 3. The van der Waals surface area contributed by atoms with Gasteiger partial charge in [-0.25, -0.2) is 0 Å². The third kappa shape index (κ3) is 7.31. The molecule has 150 valence electrons. The summed E-state index contributed by atoms with van der Waals surface area (Å²) >= 11 is 0. The highest BCUT2D eigenvalue weighted by molar-refractivity contribution is 5.96. The van der Waals surface area contributed by atoms with Gasteiger partial charge in [0.15, 0.2) is 0 Å². The van der Waals surface area contributed by atoms with Crippen molar-refractivity contribution in [3.63, 3.8) is 0 Å². The van der Waals surface area contributed by atoms with Gasteiger partial charge in [-0.15, -0.1) is 0 Å². The number of carbonyl (C=O) groups is 2. The normalized spacial score (nSPS) is 10.2. The number of hydrogen-bond donors (Lipinski definition) is 3. The van der Waals surface area contributed by atoms with Crippen LogP contribution in [-0.2, 0) is 4.79 Å². The highest BCUT2D eigenvalue weighted by atomic mass is 16.5. The van der Waals surface area contributed by atoms with Crippen LogP contribution in [0.25, 0.3) is 0 Å². The summed E-state index contributed by atoms with van der Waals surface area (Å²) in [6.07, 6.45) is 2.94. The molecule has 3 N–H and O–H groups in total. The van der Waals surface area contributed by atoms with Gasteiger partial charge in [-0.2, -0.15) is 0 Å². The fourth-order valence-corrected chi connectivity index (χ4v) is 2.49. The van der Waals surface area contributed by atoms with E-state index in [0.29, 0.717) is 24.4 Å². The van der Waals surface area contributed by atoms with Gasteiger partial charge in [0.1, 0.15) is 5.75 Å². The number of carbonyl (C=O) groups excluding carboxylic acids is 2. The van der Waals surface area contributed by atoms with E-state index in [1.54, 1.807) is 24.3 Å². The van der Waals surface area contributed by atoms with Crippen molar-refractivity contribution < 1.29 is 14.3 Å². The molecule has 28 heavy (non-hydrogen) atoms. The van der Waals surface area contributed by atoms with Gasteiger partial charge in [-0.3, -0.25) is 9.59 Å². The number of rotatable bonds is 11. The van der Waals surface area contributed by atoms with Crippen molar-refractivity contribution in [2.75, 3.05) is 30.3 Å². The van der Waals surface area contributed by atoms with Gasteiger partial charge in [0, 0.05) is 29.5 Å². The first-order valence-electron chi connectivity index (χ1n) is 9.77. The van der Waals surface area contributed by atoms with Crippen molar-refractivity contribution in [3.05, 3.63) is 54.1 Å². The fraction of sp³-hybridized carbons (Fsp3) is 0.364. The first-order valence-corrected chi connectivity index (χ1v) is 9.77. The van der Waals surface area contributed by atoms with E-state index in [2.05, 4.69) is 29.8 Å². The maximum atomic E-state index is 12.2. The van der Waals surface area contributed by atoms with Crippen LogP contribution in [0, 0.1) is 0 Å². The highest BCUT2D eigenvalue weighted by Crippen LogP contribution is 2.17. The molecule has 0 saturated heterocycles. The minimum absolute atomic E-state index is 0.0989. The third-order valence-corrected chi connectivity index (χ3v) is 4.01. The van der Waals surface area contributed by atoms with Crippen LogP contribution in [0.3, 0.4) is 0 Å². The van der Waals surface area contributed by atoms with E-state index >= 15 is 0 Å². The number of benzene rings is 2. The summed E-state index contributed by atoms with van der Waals surface area (Å²) in [6, 6.07) is 14.4. The summed E-state index contributed by atoms with van der Waals surface area (Å²) in [6.45, 7) is 5.60. The average molecular weight is 383 g/mol. The van der Waals surface area contributed by atoms with Crippen molar-refractivity contribution in [1.82, 2.24) is 5.32 Å². The smallest absolute Gasteiger partial charge is 0.251 e. The zero-order valence-electron chi connectivity index (χ0n) is 16.6. The Kier molecular flexibility index (Phi) is 8.85. The minimum atomic E-state index is -0.167. The molecular weight excluding hydrogens is 354 g/mol. The second-order valence-electron chi connectivity index (χ2n) is 6.46. The molecule has 0 aliphatic rings. The molecule has 0 atom stereocenters. The molecule has 0 bridgehead atoms. The predicted molar refractivity (Wildman–Crippen MR) is 113 cm³/mol. The van der Waals surface area contributed by atoms with E-state index in [1.165, 1.54) is 0 Å². The van der Waals surface area contributed by atoms with E-state index < -0.39 is 0 Å². The Morgan fingerprint density at radius 2 is 1.75 bits per heavy atom. The first kappa shape index (κ1) is 21.3. The molecule has 0 aliphatic heterocycles. The molecule has 6 heteroatoms. The summed E-state index contributed by atoms with van der Waals surface area (Å²) in [5.41, 5.74) is 2.05. The summed E-state index contributed by atoms with van der Waals surface area (Å²) in [4.78, 5) is 24.1. The molecule has 2 aromatic carbocycles. The molecule has 0 heterocycles. The zero-order valence-corrected chi connectivity index (χ0v) is 16.6. The fourth-order valence-electron chi connectivity index (χ4n) is 2.49. The number of hydrogen-bond acceptors (Lipinski definition) is 4. The van der Waals surface area contributed by atoms with Crippen LogP contribution < -0.4 is 20.7 Å². The van der Waals surface area contributed by atoms with E-state index in [0.717, 1.165) is 30.7 Å². The van der Waals surface area contributed by atoms with Crippen LogP contribution >= 0.6 is 0 Å². The van der Waals surface area contributed by atoms with Crippen molar-refractivity contribution in [1.29, 1.82) is 0 Å². The molecule has 2 amide bonds. The molecule has 0 fully saturated rings. The number of amides is 2. The highest BCUT2D eigenvalue weighted by Gasteiger charge is 2.06. The standard InChI is InChI=1S/C22H29N3O3/c1-3-5-13-23-22(27)17-9-11-18(12-10-17)25-21(26)16-24-19-7-6-8-20(15-19)28-14-4-2/h6-12,15,24H,3-5,13-14,16H2,1-2H3,(H,23,27)(H,25,26). The SMILES string of the molecule is CCCCNC(=O)c1ccc(NC(=O)CNc2cccc(OCCC)c2)cc1. The molecule has 2 aromatic rings. The maximum absolute atomic E-state index is 12.2. The molecule has 0 aliphatic carbocycles. The van der Waals surface area contributed by atoms with Crippen molar-refractivity contribution in [3.8, 4) is 5.75 Å². The quantitative estimate of drug-likeness (QED) is 0.511. The number of ether oxygens (including phenoxy) is 1. The Labute approximate surface area is 166 Å². The van der Waals surface area contributed by atoms with E-state index in [9.17, 15) is 9.59 Å². The van der Waals surface area contributed by atoms with Crippen molar-refractivity contribution in [2.45, 2.75) is 33.1 Å². The number of anilines is 2.